The van der Waals surface area contributed by atoms with Gasteiger partial charge in [-0.15, -0.1) is 0 Å². The first kappa shape index (κ1) is 12.5. The minimum atomic E-state index is -0.0691. The Morgan fingerprint density at radius 3 is 2.94 bits per heavy atom. The van der Waals surface area contributed by atoms with Gasteiger partial charge in [0, 0.05) is 6.54 Å². The summed E-state index contributed by atoms with van der Waals surface area (Å²) in [6.45, 7) is 6.57. The number of hydrazine groups is 1. The average molecular weight is 225 g/mol. The molecule has 0 aliphatic carbocycles. The molecule has 1 aromatic rings. The maximum atomic E-state index is 5.40. The van der Waals surface area contributed by atoms with Crippen LogP contribution in [-0.2, 0) is 0 Å². The SMILES string of the molecule is CCCN=C(NN)NC(C)c1ncc(C)o1. The van der Waals surface area contributed by atoms with Gasteiger partial charge >= 0.3 is 0 Å². The van der Waals surface area contributed by atoms with Crippen LogP contribution in [0.4, 0.5) is 0 Å². The number of nitrogens with one attached hydrogen (secondary N) is 2. The van der Waals surface area contributed by atoms with Gasteiger partial charge in [-0.05, 0) is 20.3 Å². The largest absolute Gasteiger partial charge is 0.444 e. The number of nitrogens with two attached hydrogens (primary N) is 1. The average Bonchev–Trinajstić information content (AvgIpc) is 2.70. The lowest BCUT2D eigenvalue weighted by Crippen LogP contribution is -2.42. The molecule has 0 aliphatic heterocycles. The van der Waals surface area contributed by atoms with Crippen molar-refractivity contribution in [2.75, 3.05) is 6.54 Å². The maximum Gasteiger partial charge on any atom is 0.216 e. The zero-order valence-electron chi connectivity index (χ0n) is 9.95. The van der Waals surface area contributed by atoms with Crippen molar-refractivity contribution in [3.63, 3.8) is 0 Å². The molecule has 0 aromatic carbocycles. The number of aryl methyl sites for hydroxylation is 1. The van der Waals surface area contributed by atoms with E-state index in [1.807, 2.05) is 13.8 Å². The van der Waals surface area contributed by atoms with Gasteiger partial charge < -0.3 is 9.73 Å². The number of oxazole rings is 1. The van der Waals surface area contributed by atoms with Gasteiger partial charge in [0.2, 0.25) is 11.9 Å². The lowest BCUT2D eigenvalue weighted by molar-refractivity contribution is 0.427. The molecule has 6 nitrogen and oxygen atoms in total. The van der Waals surface area contributed by atoms with Crippen molar-refractivity contribution >= 4 is 5.96 Å². The van der Waals surface area contributed by atoms with Gasteiger partial charge in [0.05, 0.1) is 6.20 Å². The summed E-state index contributed by atoms with van der Waals surface area (Å²) in [6.07, 6.45) is 2.66. The second kappa shape index (κ2) is 6.12. The highest BCUT2D eigenvalue weighted by Crippen LogP contribution is 2.11. The van der Waals surface area contributed by atoms with E-state index in [4.69, 9.17) is 10.3 Å². The third-order valence-electron chi connectivity index (χ3n) is 1.99. The minimum absolute atomic E-state index is 0.0691. The first-order valence-electron chi connectivity index (χ1n) is 5.37. The molecule has 90 valence electrons. The molecule has 0 radical (unpaired) electrons. The molecule has 1 aromatic heterocycles. The second-order valence-electron chi connectivity index (χ2n) is 3.55. The maximum absolute atomic E-state index is 5.40. The Morgan fingerprint density at radius 1 is 1.69 bits per heavy atom. The zero-order chi connectivity index (χ0) is 12.0. The van der Waals surface area contributed by atoms with Gasteiger partial charge in [-0.1, -0.05) is 6.92 Å². The third-order valence-corrected chi connectivity index (χ3v) is 1.99. The molecule has 0 bridgehead atoms. The quantitative estimate of drug-likeness (QED) is 0.306. The lowest BCUT2D eigenvalue weighted by Gasteiger charge is -2.13. The van der Waals surface area contributed by atoms with E-state index < -0.39 is 0 Å². The molecule has 1 rings (SSSR count). The second-order valence-corrected chi connectivity index (χ2v) is 3.55. The first-order chi connectivity index (χ1) is 7.67. The van der Waals surface area contributed by atoms with Crippen LogP contribution >= 0.6 is 0 Å². The molecule has 0 saturated heterocycles. The summed E-state index contributed by atoms with van der Waals surface area (Å²) in [5.74, 6) is 7.31. The standard InChI is InChI=1S/C10H19N5O/c1-4-5-12-10(15-11)14-8(3)9-13-6-7(2)16-9/h6,8H,4-5,11H2,1-3H3,(H2,12,14,15). The monoisotopic (exact) mass is 225 g/mol. The molecule has 0 fully saturated rings. The highest BCUT2D eigenvalue weighted by molar-refractivity contribution is 5.79. The van der Waals surface area contributed by atoms with Crippen LogP contribution in [-0.4, -0.2) is 17.5 Å². The van der Waals surface area contributed by atoms with Crippen molar-refractivity contribution in [3.8, 4) is 0 Å². The van der Waals surface area contributed by atoms with Gasteiger partial charge in [-0.3, -0.25) is 10.4 Å². The highest BCUT2D eigenvalue weighted by atomic mass is 16.4. The topological polar surface area (TPSA) is 88.5 Å². The summed E-state index contributed by atoms with van der Waals surface area (Å²) in [6, 6.07) is -0.0691. The number of guanidine groups is 1. The van der Waals surface area contributed by atoms with Gasteiger partial charge in [0.25, 0.3) is 0 Å². The lowest BCUT2D eigenvalue weighted by atomic mass is 10.3. The fourth-order valence-electron chi connectivity index (χ4n) is 1.20. The molecule has 0 aliphatic rings. The Hall–Kier alpha value is -1.56. The summed E-state index contributed by atoms with van der Waals surface area (Å²) in [4.78, 5) is 8.36. The fourth-order valence-corrected chi connectivity index (χ4v) is 1.20. The molecule has 1 atom stereocenters. The number of aliphatic imine (C=N–C) groups is 1. The predicted molar refractivity (Wildman–Crippen MR) is 62.7 cm³/mol. The summed E-state index contributed by atoms with van der Waals surface area (Å²) in [7, 11) is 0. The van der Waals surface area contributed by atoms with Gasteiger partial charge in [0.15, 0.2) is 0 Å². The smallest absolute Gasteiger partial charge is 0.216 e. The minimum Gasteiger partial charge on any atom is -0.444 e. The summed E-state index contributed by atoms with van der Waals surface area (Å²) in [5.41, 5.74) is 2.51. The Balaban J connectivity index is 2.58. The number of hydrogen-bond acceptors (Lipinski definition) is 4. The van der Waals surface area contributed by atoms with Crippen LogP contribution in [0.15, 0.2) is 15.6 Å². The van der Waals surface area contributed by atoms with Crippen LogP contribution in [0, 0.1) is 6.92 Å². The van der Waals surface area contributed by atoms with Crippen molar-refractivity contribution in [1.82, 2.24) is 15.7 Å². The Kier molecular flexibility index (Phi) is 4.78. The van der Waals surface area contributed by atoms with Crippen molar-refractivity contribution in [2.24, 2.45) is 10.8 Å². The van der Waals surface area contributed by atoms with Crippen molar-refractivity contribution in [3.05, 3.63) is 17.8 Å². The van der Waals surface area contributed by atoms with Crippen molar-refractivity contribution < 1.29 is 4.42 Å². The number of rotatable bonds is 4. The number of aromatic nitrogens is 1. The molecule has 4 N–H and O–H groups in total. The summed E-state index contributed by atoms with van der Waals surface area (Å²) in [5, 5.41) is 3.09. The Labute approximate surface area is 95.3 Å². The van der Waals surface area contributed by atoms with Crippen molar-refractivity contribution in [2.45, 2.75) is 33.2 Å². The fraction of sp³-hybridized carbons (Fsp3) is 0.600. The molecule has 0 saturated carbocycles. The molecule has 1 heterocycles. The van der Waals surface area contributed by atoms with Crippen molar-refractivity contribution in [1.29, 1.82) is 0 Å². The molecular formula is C10H19N5O. The molecule has 6 heteroatoms. The summed E-state index contributed by atoms with van der Waals surface area (Å²) >= 11 is 0. The van der Waals surface area contributed by atoms with Crippen LogP contribution in [0.2, 0.25) is 0 Å². The van der Waals surface area contributed by atoms with Gasteiger partial charge in [-0.25, -0.2) is 10.8 Å². The van der Waals surface area contributed by atoms with Gasteiger partial charge in [-0.2, -0.15) is 0 Å². The highest BCUT2D eigenvalue weighted by Gasteiger charge is 2.12. The van der Waals surface area contributed by atoms with E-state index in [1.54, 1.807) is 6.20 Å². The van der Waals surface area contributed by atoms with Crippen LogP contribution < -0.4 is 16.6 Å². The van der Waals surface area contributed by atoms with E-state index in [0.717, 1.165) is 18.7 Å². The third kappa shape index (κ3) is 3.54. The molecule has 0 spiro atoms. The van der Waals surface area contributed by atoms with E-state index in [0.29, 0.717) is 11.9 Å². The molecule has 16 heavy (non-hydrogen) atoms. The van der Waals surface area contributed by atoms with E-state index in [2.05, 4.69) is 27.6 Å². The van der Waals surface area contributed by atoms with Crippen LogP contribution in [0.25, 0.3) is 0 Å². The first-order valence-corrected chi connectivity index (χ1v) is 5.37. The van der Waals surface area contributed by atoms with E-state index in [-0.39, 0.29) is 6.04 Å². The Morgan fingerprint density at radius 2 is 2.44 bits per heavy atom. The molecular weight excluding hydrogens is 206 g/mol. The Bertz CT molecular complexity index is 347. The summed E-state index contributed by atoms with van der Waals surface area (Å²) < 4.78 is 5.40. The van der Waals surface area contributed by atoms with E-state index in [1.165, 1.54) is 0 Å². The van der Waals surface area contributed by atoms with Gasteiger partial charge in [0.1, 0.15) is 11.8 Å². The number of hydrogen-bond donors (Lipinski definition) is 3. The predicted octanol–water partition coefficient (Wildman–Crippen LogP) is 0.863. The normalized spacial score (nSPS) is 13.6. The van der Waals surface area contributed by atoms with E-state index in [9.17, 15) is 0 Å². The number of nitrogens with zero attached hydrogens (tertiary/aromatic N) is 2. The molecule has 1 unspecified atom stereocenters. The molecule has 0 amide bonds. The zero-order valence-corrected chi connectivity index (χ0v) is 9.95. The van der Waals surface area contributed by atoms with E-state index >= 15 is 0 Å². The van der Waals surface area contributed by atoms with Crippen LogP contribution in [0.1, 0.15) is 38.0 Å². The van der Waals surface area contributed by atoms with Crippen LogP contribution in [0.5, 0.6) is 0 Å². The van der Waals surface area contributed by atoms with Crippen LogP contribution in [0.3, 0.4) is 0 Å².